The molecule has 5 N–H and O–H groups in total. The molecule has 0 saturated heterocycles. The number of aldehydes is 1. The number of amides is 3. The summed E-state index contributed by atoms with van der Waals surface area (Å²) < 4.78 is 15.4. The van der Waals surface area contributed by atoms with Gasteiger partial charge in [0.05, 0.1) is 6.04 Å². The van der Waals surface area contributed by atoms with Crippen LogP contribution in [0.3, 0.4) is 0 Å². The predicted molar refractivity (Wildman–Crippen MR) is 157 cm³/mol. The largest absolute Gasteiger partial charge is 0.444 e. The van der Waals surface area contributed by atoms with Crippen molar-refractivity contribution in [1.82, 2.24) is 20.9 Å². The van der Waals surface area contributed by atoms with E-state index in [2.05, 4.69) is 27.8 Å². The van der Waals surface area contributed by atoms with Crippen molar-refractivity contribution >= 4 is 24.6 Å². The van der Waals surface area contributed by atoms with Crippen LogP contribution in [0.15, 0.2) is 0 Å². The fourth-order valence-electron chi connectivity index (χ4n) is 3.03. The van der Waals surface area contributed by atoms with Gasteiger partial charge in [-0.2, -0.15) is 0 Å². The average molecular weight is 576 g/mol. The van der Waals surface area contributed by atoms with Gasteiger partial charge in [-0.25, -0.2) is 14.4 Å². The van der Waals surface area contributed by atoms with E-state index < -0.39 is 41.1 Å². The van der Waals surface area contributed by atoms with Crippen LogP contribution in [-0.4, -0.2) is 91.6 Å². The average Bonchev–Trinajstić information content (AvgIpc) is 2.75. The quantitative estimate of drug-likeness (QED) is 0.136. The molecule has 0 aliphatic heterocycles. The number of unbranched alkanes of at least 4 members (excludes halogenated alkanes) is 2. The molecule has 0 bridgehead atoms. The Kier molecular flexibility index (Phi) is 20.1. The Balaban J connectivity index is 0. The summed E-state index contributed by atoms with van der Waals surface area (Å²) in [6.07, 6.45) is 3.13. The van der Waals surface area contributed by atoms with E-state index in [9.17, 15) is 19.2 Å². The third kappa shape index (κ3) is 28.4. The van der Waals surface area contributed by atoms with Gasteiger partial charge in [0.2, 0.25) is 0 Å². The Labute approximate surface area is 241 Å². The Morgan fingerprint density at radius 2 is 1.18 bits per heavy atom. The van der Waals surface area contributed by atoms with Crippen LogP contribution in [0.5, 0.6) is 0 Å². The third-order valence-corrected chi connectivity index (χ3v) is 4.62. The summed E-state index contributed by atoms with van der Waals surface area (Å²) >= 11 is 0. The molecule has 3 amide bonds. The van der Waals surface area contributed by atoms with Gasteiger partial charge >= 0.3 is 18.3 Å². The summed E-state index contributed by atoms with van der Waals surface area (Å²) in [6, 6.07) is -0.429. The summed E-state index contributed by atoms with van der Waals surface area (Å²) in [7, 11) is 0. The monoisotopic (exact) mass is 575 g/mol. The highest BCUT2D eigenvalue weighted by atomic mass is 16.6. The first-order valence-corrected chi connectivity index (χ1v) is 14.1. The molecular formula is C28H57N5O7. The van der Waals surface area contributed by atoms with Crippen molar-refractivity contribution in [2.45, 2.75) is 118 Å². The van der Waals surface area contributed by atoms with Crippen molar-refractivity contribution in [3.63, 3.8) is 0 Å². The minimum Gasteiger partial charge on any atom is -0.444 e. The zero-order chi connectivity index (χ0) is 31.4. The van der Waals surface area contributed by atoms with Gasteiger partial charge in [-0.05, 0) is 68.7 Å². The second-order valence-electron chi connectivity index (χ2n) is 12.4. The zero-order valence-electron chi connectivity index (χ0n) is 26.6. The van der Waals surface area contributed by atoms with E-state index in [0.717, 1.165) is 25.5 Å². The van der Waals surface area contributed by atoms with Crippen molar-refractivity contribution in [2.24, 2.45) is 5.73 Å². The van der Waals surface area contributed by atoms with Crippen LogP contribution >= 0.6 is 0 Å². The topological polar surface area (TPSA) is 161 Å². The maximum Gasteiger partial charge on any atom is 0.408 e. The van der Waals surface area contributed by atoms with Gasteiger partial charge in [0.1, 0.15) is 23.1 Å². The lowest BCUT2D eigenvalue weighted by molar-refractivity contribution is -0.109. The summed E-state index contributed by atoms with van der Waals surface area (Å²) in [5, 5.41) is 7.96. The molecule has 0 aliphatic rings. The molecule has 0 aromatic carbocycles. The van der Waals surface area contributed by atoms with Crippen LogP contribution in [0, 0.1) is 0 Å². The van der Waals surface area contributed by atoms with Gasteiger partial charge in [-0.15, -0.1) is 0 Å². The highest BCUT2D eigenvalue weighted by Crippen LogP contribution is 2.09. The lowest BCUT2D eigenvalue weighted by Gasteiger charge is -2.24. The SMILES string of the molecule is CC(C)(C)OC(=O)NCCN(CCN)CCNC(=O)OC(C)(C)C.CCCCCC(C=O)NC(=O)OC(C)(C)C. The smallest absolute Gasteiger partial charge is 0.408 e. The Hall–Kier alpha value is -2.60. The van der Waals surface area contributed by atoms with E-state index in [1.165, 1.54) is 0 Å². The number of rotatable bonds is 14. The van der Waals surface area contributed by atoms with E-state index in [1.54, 1.807) is 20.8 Å². The summed E-state index contributed by atoms with van der Waals surface area (Å²) in [4.78, 5) is 47.3. The Bertz CT molecular complexity index is 694. The normalized spacial score (nSPS) is 12.4. The Morgan fingerprint density at radius 3 is 1.52 bits per heavy atom. The molecule has 236 valence electrons. The fourth-order valence-corrected chi connectivity index (χ4v) is 3.03. The summed E-state index contributed by atoms with van der Waals surface area (Å²) in [6.45, 7) is 21.7. The second-order valence-corrected chi connectivity index (χ2v) is 12.4. The number of nitrogens with two attached hydrogens (primary N) is 1. The molecule has 0 fully saturated rings. The number of hydrogen-bond acceptors (Lipinski definition) is 9. The van der Waals surface area contributed by atoms with E-state index in [-0.39, 0.29) is 0 Å². The van der Waals surface area contributed by atoms with Crippen LogP contribution in [0.1, 0.15) is 94.9 Å². The van der Waals surface area contributed by atoms with Crippen molar-refractivity contribution < 1.29 is 33.4 Å². The molecule has 1 unspecified atom stereocenters. The molecule has 40 heavy (non-hydrogen) atoms. The van der Waals surface area contributed by atoms with Crippen molar-refractivity contribution in [2.75, 3.05) is 39.3 Å². The highest BCUT2D eigenvalue weighted by Gasteiger charge is 2.19. The molecule has 12 heteroatoms. The first-order chi connectivity index (χ1) is 18.3. The van der Waals surface area contributed by atoms with Crippen LogP contribution in [0.2, 0.25) is 0 Å². The van der Waals surface area contributed by atoms with Gasteiger partial charge in [0.25, 0.3) is 0 Å². The molecule has 0 radical (unpaired) electrons. The van der Waals surface area contributed by atoms with Crippen LogP contribution in [-0.2, 0) is 19.0 Å². The Morgan fingerprint density at radius 1 is 0.750 bits per heavy atom. The number of nitrogens with zero attached hydrogens (tertiary/aromatic N) is 1. The lowest BCUT2D eigenvalue weighted by Crippen LogP contribution is -2.43. The third-order valence-electron chi connectivity index (χ3n) is 4.62. The predicted octanol–water partition coefficient (Wildman–Crippen LogP) is 3.96. The van der Waals surface area contributed by atoms with Crippen molar-refractivity contribution in [3.05, 3.63) is 0 Å². The molecule has 0 aromatic rings. The molecule has 0 heterocycles. The fraction of sp³-hybridized carbons (Fsp3) is 0.857. The van der Waals surface area contributed by atoms with Gasteiger partial charge in [-0.1, -0.05) is 26.2 Å². The molecule has 0 aliphatic carbocycles. The number of nitrogens with one attached hydrogen (secondary N) is 3. The molecule has 12 nitrogen and oxygen atoms in total. The molecular weight excluding hydrogens is 518 g/mol. The first kappa shape index (κ1) is 39.5. The van der Waals surface area contributed by atoms with E-state index in [1.807, 2.05) is 41.5 Å². The molecule has 0 spiro atoms. The number of ether oxygens (including phenoxy) is 3. The standard InChI is InChI=1S/C16H34N4O4.C12H23NO3/c1-15(2,3)23-13(21)18-8-11-20(10-7-17)12-9-19-14(22)24-16(4,5)6;1-5-6-7-8-10(9-14)13-11(15)16-12(2,3)4/h7-12,17H2,1-6H3,(H,18,21)(H,19,22);9-10H,5-8H2,1-4H3,(H,13,15). The summed E-state index contributed by atoms with van der Waals surface area (Å²) in [5.74, 6) is 0. The number of carbonyl (C=O) groups excluding carboxylic acids is 4. The van der Waals surface area contributed by atoms with E-state index in [0.29, 0.717) is 45.7 Å². The van der Waals surface area contributed by atoms with Gasteiger partial charge in [-0.3, -0.25) is 4.90 Å². The van der Waals surface area contributed by atoms with Crippen LogP contribution in [0.4, 0.5) is 14.4 Å². The van der Waals surface area contributed by atoms with Crippen molar-refractivity contribution in [1.29, 1.82) is 0 Å². The van der Waals surface area contributed by atoms with Gasteiger partial charge < -0.3 is 40.7 Å². The van der Waals surface area contributed by atoms with Crippen molar-refractivity contribution in [3.8, 4) is 0 Å². The molecule has 0 saturated carbocycles. The number of carbonyl (C=O) groups is 4. The maximum absolute atomic E-state index is 11.6. The van der Waals surface area contributed by atoms with E-state index >= 15 is 0 Å². The van der Waals surface area contributed by atoms with Crippen LogP contribution in [0.25, 0.3) is 0 Å². The lowest BCUT2D eigenvalue weighted by atomic mass is 10.1. The second kappa shape index (κ2) is 20.3. The maximum atomic E-state index is 11.6. The van der Waals surface area contributed by atoms with Crippen LogP contribution < -0.4 is 21.7 Å². The molecule has 1 atom stereocenters. The zero-order valence-corrected chi connectivity index (χ0v) is 26.6. The van der Waals surface area contributed by atoms with Gasteiger partial charge in [0.15, 0.2) is 0 Å². The first-order valence-electron chi connectivity index (χ1n) is 14.1. The number of hydrogen-bond donors (Lipinski definition) is 4. The minimum absolute atomic E-state index is 0.429. The number of alkyl carbamates (subject to hydrolysis) is 3. The molecule has 0 rings (SSSR count). The summed E-state index contributed by atoms with van der Waals surface area (Å²) in [5.41, 5.74) is 4.04. The van der Waals surface area contributed by atoms with Gasteiger partial charge in [0, 0.05) is 39.3 Å². The highest BCUT2D eigenvalue weighted by molar-refractivity contribution is 5.73. The van der Waals surface area contributed by atoms with E-state index in [4.69, 9.17) is 19.9 Å². The minimum atomic E-state index is -0.527. The molecule has 0 aromatic heterocycles.